The van der Waals surface area contributed by atoms with Gasteiger partial charge in [-0.25, -0.2) is 4.39 Å². The average Bonchev–Trinajstić information content (AvgIpc) is 2.62. The van der Waals surface area contributed by atoms with E-state index >= 15 is 4.39 Å². The first kappa shape index (κ1) is 16.6. The Morgan fingerprint density at radius 3 is 2.52 bits per heavy atom. The van der Waals surface area contributed by atoms with Gasteiger partial charge in [0, 0.05) is 23.9 Å². The van der Waals surface area contributed by atoms with E-state index in [9.17, 15) is 5.26 Å². The predicted octanol–water partition coefficient (Wildman–Crippen LogP) is 3.50. The lowest BCUT2D eigenvalue weighted by Gasteiger charge is -2.34. The number of hydrogen-bond donors (Lipinski definition) is 1. The molecule has 1 N–H and O–H groups in total. The number of hydrogen-bond acceptors (Lipinski definition) is 4. The van der Waals surface area contributed by atoms with Gasteiger partial charge >= 0.3 is 0 Å². The minimum absolute atomic E-state index is 0.154. The van der Waals surface area contributed by atoms with Crippen molar-refractivity contribution in [2.45, 2.75) is 36.9 Å². The van der Waals surface area contributed by atoms with Gasteiger partial charge in [-0.3, -0.25) is 0 Å². The fraction of sp³-hybridized carbons (Fsp3) is 0.611. The summed E-state index contributed by atoms with van der Waals surface area (Å²) in [6.07, 6.45) is 6.16. The second kappa shape index (κ2) is 7.55. The van der Waals surface area contributed by atoms with Crippen molar-refractivity contribution in [3.05, 3.63) is 29.1 Å². The summed E-state index contributed by atoms with van der Waals surface area (Å²) >= 11 is 1.91. The van der Waals surface area contributed by atoms with Crippen molar-refractivity contribution < 1.29 is 4.39 Å². The second-order valence-electron chi connectivity index (χ2n) is 6.42. The molecule has 2 fully saturated rings. The Balaban J connectivity index is 1.89. The van der Waals surface area contributed by atoms with Crippen LogP contribution in [0.5, 0.6) is 0 Å². The molecular weight excluding hydrogens is 309 g/mol. The maximum Gasteiger partial charge on any atom is 0.151 e. The van der Waals surface area contributed by atoms with Crippen LogP contribution in [0.2, 0.25) is 0 Å². The molecule has 124 valence electrons. The van der Waals surface area contributed by atoms with E-state index in [4.69, 9.17) is 0 Å². The van der Waals surface area contributed by atoms with E-state index in [0.29, 0.717) is 22.1 Å². The molecule has 0 bridgehead atoms. The zero-order valence-corrected chi connectivity index (χ0v) is 14.5. The van der Waals surface area contributed by atoms with Gasteiger partial charge in [0.15, 0.2) is 5.82 Å². The van der Waals surface area contributed by atoms with Gasteiger partial charge in [-0.15, -0.1) is 0 Å². The molecule has 2 aliphatic heterocycles. The summed E-state index contributed by atoms with van der Waals surface area (Å²) in [5, 5.41) is 13.4. The molecule has 2 aliphatic rings. The quantitative estimate of drug-likeness (QED) is 0.919. The topological polar surface area (TPSA) is 39.1 Å². The van der Waals surface area contributed by atoms with Gasteiger partial charge < -0.3 is 10.2 Å². The van der Waals surface area contributed by atoms with Crippen molar-refractivity contribution in [1.29, 1.82) is 5.26 Å². The maximum absolute atomic E-state index is 15.2. The zero-order valence-electron chi connectivity index (χ0n) is 13.6. The van der Waals surface area contributed by atoms with E-state index in [1.54, 1.807) is 6.07 Å². The number of thioether (sulfide) groups is 1. The Bertz CT molecular complexity index is 585. The monoisotopic (exact) mass is 333 g/mol. The van der Waals surface area contributed by atoms with Crippen molar-refractivity contribution in [2.75, 3.05) is 37.3 Å². The highest BCUT2D eigenvalue weighted by Gasteiger charge is 2.27. The minimum atomic E-state index is -0.154. The van der Waals surface area contributed by atoms with Gasteiger partial charge in [0.2, 0.25) is 0 Å². The van der Waals surface area contributed by atoms with Gasteiger partial charge in [0.25, 0.3) is 0 Å². The van der Waals surface area contributed by atoms with Gasteiger partial charge in [0.1, 0.15) is 0 Å². The Morgan fingerprint density at radius 2 is 1.91 bits per heavy atom. The second-order valence-corrected chi connectivity index (χ2v) is 7.56. The molecule has 23 heavy (non-hydrogen) atoms. The number of rotatable bonds is 3. The number of halogens is 1. The zero-order chi connectivity index (χ0) is 16.2. The van der Waals surface area contributed by atoms with Crippen LogP contribution in [0, 0.1) is 17.1 Å². The first-order valence-corrected chi connectivity index (χ1v) is 9.74. The average molecular weight is 333 g/mol. The van der Waals surface area contributed by atoms with Crippen molar-refractivity contribution in [1.82, 2.24) is 5.32 Å². The molecule has 0 amide bonds. The SMILES string of the molecule is CSC1CCN(c2ccc(C#N)c(C3CCNCC3)c2F)CC1. The van der Waals surface area contributed by atoms with Crippen molar-refractivity contribution in [3.8, 4) is 6.07 Å². The molecule has 0 aliphatic carbocycles. The smallest absolute Gasteiger partial charge is 0.151 e. The van der Waals surface area contributed by atoms with Crippen molar-refractivity contribution in [3.63, 3.8) is 0 Å². The lowest BCUT2D eigenvalue weighted by molar-refractivity contribution is 0.443. The Labute approximate surface area is 142 Å². The van der Waals surface area contributed by atoms with Crippen molar-refractivity contribution >= 4 is 17.4 Å². The molecule has 2 heterocycles. The lowest BCUT2D eigenvalue weighted by atomic mass is 9.86. The molecule has 3 nitrogen and oxygen atoms in total. The number of anilines is 1. The van der Waals surface area contributed by atoms with E-state index in [0.717, 1.165) is 51.9 Å². The largest absolute Gasteiger partial charge is 0.369 e. The van der Waals surface area contributed by atoms with E-state index in [-0.39, 0.29) is 11.7 Å². The van der Waals surface area contributed by atoms with Gasteiger partial charge in [-0.05, 0) is 63.1 Å². The third kappa shape index (κ3) is 3.49. The molecule has 0 spiro atoms. The molecule has 5 heteroatoms. The number of benzene rings is 1. The maximum atomic E-state index is 15.2. The summed E-state index contributed by atoms with van der Waals surface area (Å²) in [7, 11) is 0. The molecule has 1 aromatic rings. The number of nitrogens with one attached hydrogen (secondary N) is 1. The van der Waals surface area contributed by atoms with E-state index < -0.39 is 0 Å². The van der Waals surface area contributed by atoms with Crippen LogP contribution in [-0.2, 0) is 0 Å². The predicted molar refractivity (Wildman–Crippen MR) is 94.7 cm³/mol. The first-order valence-electron chi connectivity index (χ1n) is 8.45. The molecule has 1 aromatic carbocycles. The summed E-state index contributed by atoms with van der Waals surface area (Å²) in [6, 6.07) is 5.82. The normalized spacial score (nSPS) is 20.5. The highest BCUT2D eigenvalue weighted by Crippen LogP contribution is 2.36. The molecule has 0 atom stereocenters. The minimum Gasteiger partial charge on any atom is -0.369 e. The first-order chi connectivity index (χ1) is 11.2. The highest BCUT2D eigenvalue weighted by atomic mass is 32.2. The Morgan fingerprint density at radius 1 is 1.22 bits per heavy atom. The summed E-state index contributed by atoms with van der Waals surface area (Å²) in [5.74, 6) is 0.00754. The van der Waals surface area contributed by atoms with Gasteiger partial charge in [-0.1, -0.05) is 0 Å². The third-order valence-corrected chi connectivity index (χ3v) is 6.28. The fourth-order valence-corrected chi connectivity index (χ4v) is 4.45. The highest BCUT2D eigenvalue weighted by molar-refractivity contribution is 7.99. The van der Waals surface area contributed by atoms with Crippen LogP contribution in [0.3, 0.4) is 0 Å². The van der Waals surface area contributed by atoms with E-state index in [1.165, 1.54) is 0 Å². The van der Waals surface area contributed by atoms with E-state index in [2.05, 4.69) is 22.5 Å². The molecule has 3 rings (SSSR count). The fourth-order valence-electron chi connectivity index (χ4n) is 3.77. The molecule has 2 saturated heterocycles. The standard InChI is InChI=1S/C18H24FN3S/c1-23-15-6-10-22(11-7-15)16-3-2-14(12-20)17(18(16)19)13-4-8-21-9-5-13/h2-3,13,15,21H,4-11H2,1H3. The summed E-state index contributed by atoms with van der Waals surface area (Å²) in [5.41, 5.74) is 1.85. The molecule has 0 aromatic heterocycles. The summed E-state index contributed by atoms with van der Waals surface area (Å²) in [6.45, 7) is 3.61. The van der Waals surface area contributed by atoms with Gasteiger partial charge in [-0.2, -0.15) is 17.0 Å². The summed E-state index contributed by atoms with van der Waals surface area (Å²) < 4.78 is 15.2. The van der Waals surface area contributed by atoms with Crippen LogP contribution in [0.15, 0.2) is 12.1 Å². The van der Waals surface area contributed by atoms with E-state index in [1.807, 2.05) is 17.8 Å². The Kier molecular flexibility index (Phi) is 5.45. The molecule has 0 unspecified atom stereocenters. The number of nitriles is 1. The molecule has 0 saturated carbocycles. The van der Waals surface area contributed by atoms with Crippen LogP contribution in [0.25, 0.3) is 0 Å². The molecular formula is C18H24FN3S. The van der Waals surface area contributed by atoms with Crippen LogP contribution < -0.4 is 10.2 Å². The lowest BCUT2D eigenvalue weighted by Crippen LogP contribution is -2.35. The van der Waals surface area contributed by atoms with Gasteiger partial charge in [0.05, 0.1) is 17.3 Å². The molecule has 0 radical (unpaired) electrons. The van der Waals surface area contributed by atoms with Crippen molar-refractivity contribution in [2.24, 2.45) is 0 Å². The Hall–Kier alpha value is -1.25. The number of piperidine rings is 2. The van der Waals surface area contributed by atoms with Crippen LogP contribution in [0.4, 0.5) is 10.1 Å². The summed E-state index contributed by atoms with van der Waals surface area (Å²) in [4.78, 5) is 2.16. The van der Waals surface area contributed by atoms with Crippen LogP contribution in [0.1, 0.15) is 42.7 Å². The van der Waals surface area contributed by atoms with Crippen LogP contribution >= 0.6 is 11.8 Å². The third-order valence-electron chi connectivity index (χ3n) is 5.14. The van der Waals surface area contributed by atoms with Crippen LogP contribution in [-0.4, -0.2) is 37.7 Å². The number of nitrogens with zero attached hydrogens (tertiary/aromatic N) is 2.